The number of carboxylic acids is 3. The van der Waals surface area contributed by atoms with Gasteiger partial charge in [0.25, 0.3) is 0 Å². The third kappa shape index (κ3) is 8.55. The van der Waals surface area contributed by atoms with Crippen molar-refractivity contribution in [1.29, 1.82) is 0 Å². The van der Waals surface area contributed by atoms with Crippen molar-refractivity contribution in [2.24, 2.45) is 5.73 Å². The largest absolute Gasteiger partial charge is 0.481 e. The molecule has 0 aliphatic carbocycles. The highest BCUT2D eigenvalue weighted by molar-refractivity contribution is 5.88. The standard InChI is InChI=1S/C6H8O7.C5H12N2O/c7-3(8)1-6(13,5(11)12)2-4(9)10;1-5(2,7-3)4(6)8/h13H,1-2H2,(H,7,8)(H,9,10)(H,11,12);7H,1-3H3,(H2,6,8). The van der Waals surface area contributed by atoms with Crippen molar-refractivity contribution in [3.05, 3.63) is 0 Å². The second kappa shape index (κ2) is 8.17. The van der Waals surface area contributed by atoms with Crippen molar-refractivity contribution in [3.63, 3.8) is 0 Å². The molecule has 0 heterocycles. The average molecular weight is 308 g/mol. The highest BCUT2D eigenvalue weighted by atomic mass is 16.4. The number of aliphatic carboxylic acids is 3. The molecule has 0 saturated carbocycles. The molecule has 0 saturated heterocycles. The molecule has 0 unspecified atom stereocenters. The third-order valence-corrected chi connectivity index (χ3v) is 2.53. The molecule has 10 heteroatoms. The summed E-state index contributed by atoms with van der Waals surface area (Å²) in [5.41, 5.74) is 1.67. The first-order chi connectivity index (χ1) is 9.28. The summed E-state index contributed by atoms with van der Waals surface area (Å²) in [4.78, 5) is 40.9. The predicted octanol–water partition coefficient (Wildman–Crippen LogP) is -1.78. The Morgan fingerprint density at radius 3 is 1.43 bits per heavy atom. The van der Waals surface area contributed by atoms with Crippen LogP contribution in [-0.4, -0.2) is 62.4 Å². The van der Waals surface area contributed by atoms with Gasteiger partial charge in [-0.15, -0.1) is 0 Å². The summed E-state index contributed by atoms with van der Waals surface area (Å²) in [6, 6.07) is 0. The van der Waals surface area contributed by atoms with E-state index in [9.17, 15) is 19.2 Å². The van der Waals surface area contributed by atoms with E-state index in [2.05, 4.69) is 5.32 Å². The average Bonchev–Trinajstić information content (AvgIpc) is 2.27. The number of nitrogens with one attached hydrogen (secondary N) is 1. The molecule has 0 rings (SSSR count). The zero-order chi connectivity index (χ0) is 17.4. The molecule has 0 bridgehead atoms. The van der Waals surface area contributed by atoms with E-state index in [1.807, 2.05) is 0 Å². The highest BCUT2D eigenvalue weighted by Crippen LogP contribution is 2.15. The van der Waals surface area contributed by atoms with Crippen LogP contribution in [0.15, 0.2) is 0 Å². The maximum Gasteiger partial charge on any atom is 0.336 e. The Hall–Kier alpha value is -2.20. The third-order valence-electron chi connectivity index (χ3n) is 2.53. The Morgan fingerprint density at radius 1 is 1.00 bits per heavy atom. The van der Waals surface area contributed by atoms with Crippen molar-refractivity contribution in [3.8, 4) is 0 Å². The van der Waals surface area contributed by atoms with Gasteiger partial charge < -0.3 is 31.5 Å². The van der Waals surface area contributed by atoms with Crippen LogP contribution in [0.25, 0.3) is 0 Å². The Balaban J connectivity index is 0. The molecule has 0 aromatic heterocycles. The van der Waals surface area contributed by atoms with E-state index in [-0.39, 0.29) is 5.91 Å². The minimum absolute atomic E-state index is 0.333. The number of carbonyl (C=O) groups is 4. The van der Waals surface area contributed by atoms with Crippen molar-refractivity contribution >= 4 is 23.8 Å². The molecular weight excluding hydrogens is 288 g/mol. The van der Waals surface area contributed by atoms with Crippen LogP contribution in [0, 0.1) is 0 Å². The van der Waals surface area contributed by atoms with Gasteiger partial charge in [0.15, 0.2) is 5.60 Å². The zero-order valence-electron chi connectivity index (χ0n) is 11.9. The van der Waals surface area contributed by atoms with Gasteiger partial charge in [0.1, 0.15) is 0 Å². The van der Waals surface area contributed by atoms with Gasteiger partial charge in [0.05, 0.1) is 18.4 Å². The van der Waals surface area contributed by atoms with Crippen LogP contribution in [0.3, 0.4) is 0 Å². The fraction of sp³-hybridized carbons (Fsp3) is 0.636. The molecule has 1 amide bonds. The minimum atomic E-state index is -2.74. The van der Waals surface area contributed by atoms with Gasteiger partial charge in [-0.1, -0.05) is 0 Å². The quantitative estimate of drug-likeness (QED) is 0.316. The number of carboxylic acid groups (broad SMARTS) is 3. The van der Waals surface area contributed by atoms with Crippen LogP contribution < -0.4 is 11.1 Å². The molecule has 0 aliphatic heterocycles. The summed E-state index contributed by atoms with van der Waals surface area (Å²) in [7, 11) is 1.70. The van der Waals surface area contributed by atoms with Gasteiger partial charge in [-0.2, -0.15) is 0 Å². The van der Waals surface area contributed by atoms with E-state index in [0.29, 0.717) is 0 Å². The Morgan fingerprint density at radius 2 is 1.33 bits per heavy atom. The minimum Gasteiger partial charge on any atom is -0.481 e. The molecular formula is C11H20N2O8. The molecule has 0 spiro atoms. The number of nitrogens with two attached hydrogens (primary N) is 1. The van der Waals surface area contributed by atoms with E-state index >= 15 is 0 Å². The summed E-state index contributed by atoms with van der Waals surface area (Å²) in [5.74, 6) is -5.35. The van der Waals surface area contributed by atoms with Crippen LogP contribution in [0.1, 0.15) is 26.7 Å². The number of aliphatic hydroxyl groups is 1. The van der Waals surface area contributed by atoms with Crippen molar-refractivity contribution in [2.75, 3.05) is 7.05 Å². The highest BCUT2D eigenvalue weighted by Gasteiger charge is 2.40. The number of rotatable bonds is 7. The smallest absolute Gasteiger partial charge is 0.336 e. The maximum atomic E-state index is 10.4. The van der Waals surface area contributed by atoms with Crippen LogP contribution >= 0.6 is 0 Å². The van der Waals surface area contributed by atoms with Gasteiger partial charge in [-0.05, 0) is 20.9 Å². The van der Waals surface area contributed by atoms with Gasteiger partial charge in [0.2, 0.25) is 5.91 Å². The van der Waals surface area contributed by atoms with Crippen LogP contribution in [0.5, 0.6) is 0 Å². The lowest BCUT2D eigenvalue weighted by atomic mass is 9.96. The number of hydrogen-bond acceptors (Lipinski definition) is 6. The molecule has 21 heavy (non-hydrogen) atoms. The monoisotopic (exact) mass is 308 g/mol. The Bertz CT molecular complexity index is 402. The number of likely N-dealkylation sites (N-methyl/N-ethyl adjacent to an activating group) is 1. The summed E-state index contributed by atoms with van der Waals surface area (Å²) in [6.07, 6.45) is -2.29. The normalized spacial score (nSPS) is 11.0. The van der Waals surface area contributed by atoms with Crippen LogP contribution in [0.2, 0.25) is 0 Å². The molecule has 0 aromatic carbocycles. The first-order valence-corrected chi connectivity index (χ1v) is 5.66. The molecule has 0 aromatic rings. The number of hydrogen-bond donors (Lipinski definition) is 6. The number of amides is 1. The first kappa shape index (κ1) is 21.1. The SMILES string of the molecule is CNC(C)(C)C(N)=O.O=C(O)CC(O)(CC(=O)O)C(=O)O. The van der Waals surface area contributed by atoms with E-state index in [0.717, 1.165) is 0 Å². The lowest BCUT2D eigenvalue weighted by Gasteiger charge is -2.18. The van der Waals surface area contributed by atoms with Crippen molar-refractivity contribution in [1.82, 2.24) is 5.32 Å². The van der Waals surface area contributed by atoms with E-state index in [4.69, 9.17) is 26.2 Å². The van der Waals surface area contributed by atoms with E-state index in [1.165, 1.54) is 0 Å². The van der Waals surface area contributed by atoms with Gasteiger partial charge in [-0.25, -0.2) is 4.79 Å². The molecule has 10 nitrogen and oxygen atoms in total. The Kier molecular flexibility index (Phi) is 8.21. The topological polar surface area (TPSA) is 187 Å². The maximum absolute atomic E-state index is 10.4. The Labute approximate surface area is 120 Å². The molecule has 122 valence electrons. The molecule has 0 radical (unpaired) electrons. The van der Waals surface area contributed by atoms with E-state index in [1.54, 1.807) is 20.9 Å². The number of carbonyl (C=O) groups excluding carboxylic acids is 1. The summed E-state index contributed by atoms with van der Waals surface area (Å²) in [6.45, 7) is 3.46. The summed E-state index contributed by atoms with van der Waals surface area (Å²) >= 11 is 0. The van der Waals surface area contributed by atoms with Gasteiger partial charge in [0, 0.05) is 0 Å². The second-order valence-electron chi connectivity index (χ2n) is 4.72. The fourth-order valence-electron chi connectivity index (χ4n) is 0.837. The summed E-state index contributed by atoms with van der Waals surface area (Å²) < 4.78 is 0. The van der Waals surface area contributed by atoms with Crippen molar-refractivity contribution < 1.29 is 39.6 Å². The lowest BCUT2D eigenvalue weighted by molar-refractivity contribution is -0.170. The molecule has 7 N–H and O–H groups in total. The van der Waals surface area contributed by atoms with Gasteiger partial charge >= 0.3 is 17.9 Å². The molecule has 0 atom stereocenters. The predicted molar refractivity (Wildman–Crippen MR) is 69.4 cm³/mol. The molecule has 0 fully saturated rings. The number of primary amides is 1. The molecule has 0 aliphatic rings. The summed E-state index contributed by atoms with van der Waals surface area (Å²) in [5, 5.41) is 36.6. The fourth-order valence-corrected chi connectivity index (χ4v) is 0.837. The van der Waals surface area contributed by atoms with Crippen molar-refractivity contribution in [2.45, 2.75) is 37.8 Å². The van der Waals surface area contributed by atoms with Gasteiger partial charge in [-0.3, -0.25) is 14.4 Å². The van der Waals surface area contributed by atoms with E-state index < -0.39 is 41.9 Å². The first-order valence-electron chi connectivity index (χ1n) is 5.66. The zero-order valence-corrected chi connectivity index (χ0v) is 11.9. The van der Waals surface area contributed by atoms with Crippen LogP contribution in [0.4, 0.5) is 0 Å². The second-order valence-corrected chi connectivity index (χ2v) is 4.72. The van der Waals surface area contributed by atoms with Crippen LogP contribution in [-0.2, 0) is 19.2 Å². The lowest BCUT2D eigenvalue weighted by Crippen LogP contribution is -2.48.